The van der Waals surface area contributed by atoms with Crippen molar-refractivity contribution >= 4 is 38.8 Å². The number of hydrogen-bond donors (Lipinski definition) is 0. The molecule has 0 radical (unpaired) electrons. The summed E-state index contributed by atoms with van der Waals surface area (Å²) in [6.45, 7) is 2.09. The van der Waals surface area contributed by atoms with E-state index in [4.69, 9.17) is 4.42 Å². The third-order valence-electron chi connectivity index (χ3n) is 3.77. The van der Waals surface area contributed by atoms with E-state index in [0.29, 0.717) is 11.0 Å². The minimum absolute atomic E-state index is 0.0297. The second kappa shape index (κ2) is 6.97. The first-order valence-electron chi connectivity index (χ1n) is 7.61. The highest BCUT2D eigenvalue weighted by atomic mass is 79.9. The van der Waals surface area contributed by atoms with Crippen molar-refractivity contribution in [3.8, 4) is 0 Å². The molecule has 1 aromatic heterocycles. The number of allylic oxidation sites excluding steroid dienone is 1. The number of fused-ring (bicyclic) bond motifs is 1. The normalized spacial score (nSPS) is 11.2. The summed E-state index contributed by atoms with van der Waals surface area (Å²) >= 11 is 3.37. The molecule has 0 aliphatic rings. The minimum atomic E-state index is -0.624. The molecule has 24 heavy (non-hydrogen) atoms. The van der Waals surface area contributed by atoms with Crippen LogP contribution < -0.4 is 5.63 Å². The lowest BCUT2D eigenvalue weighted by Gasteiger charge is -2.00. The Balaban J connectivity index is 1.91. The standard InChI is InChI=1S/C20H15BrO3/c1-2-13-3-5-14(6-4-13)7-9-18(22)17-12-15-11-16(21)8-10-19(15)24-20(17)23/h3-12H,2H2,1H3/b9-7+. The molecule has 3 aromatic rings. The van der Waals surface area contributed by atoms with Gasteiger partial charge in [0.25, 0.3) is 0 Å². The Kier molecular flexibility index (Phi) is 4.76. The zero-order valence-corrected chi connectivity index (χ0v) is 14.7. The van der Waals surface area contributed by atoms with Crippen LogP contribution in [0.25, 0.3) is 17.0 Å². The van der Waals surface area contributed by atoms with Gasteiger partial charge >= 0.3 is 5.63 Å². The van der Waals surface area contributed by atoms with Crippen molar-refractivity contribution in [2.45, 2.75) is 13.3 Å². The molecular formula is C20H15BrO3. The summed E-state index contributed by atoms with van der Waals surface area (Å²) in [5.74, 6) is -0.370. The van der Waals surface area contributed by atoms with Crippen LogP contribution in [0.4, 0.5) is 0 Å². The quantitative estimate of drug-likeness (QED) is 0.361. The van der Waals surface area contributed by atoms with E-state index in [0.717, 1.165) is 16.5 Å². The van der Waals surface area contributed by atoms with E-state index in [1.165, 1.54) is 11.6 Å². The van der Waals surface area contributed by atoms with Crippen molar-refractivity contribution in [2.75, 3.05) is 0 Å². The van der Waals surface area contributed by atoms with Crippen LogP contribution in [0.2, 0.25) is 0 Å². The van der Waals surface area contributed by atoms with Crippen molar-refractivity contribution < 1.29 is 9.21 Å². The molecule has 120 valence electrons. The summed E-state index contributed by atoms with van der Waals surface area (Å²) in [6.07, 6.45) is 4.07. The van der Waals surface area contributed by atoms with Gasteiger partial charge in [0.15, 0.2) is 5.78 Å². The van der Waals surface area contributed by atoms with Gasteiger partial charge in [-0.2, -0.15) is 0 Å². The number of benzene rings is 2. The van der Waals surface area contributed by atoms with Crippen LogP contribution >= 0.6 is 15.9 Å². The molecule has 4 heteroatoms. The van der Waals surface area contributed by atoms with Crippen molar-refractivity contribution in [2.24, 2.45) is 0 Å². The van der Waals surface area contributed by atoms with Crippen LogP contribution in [0.3, 0.4) is 0 Å². The van der Waals surface area contributed by atoms with Gasteiger partial charge in [0.2, 0.25) is 0 Å². The van der Waals surface area contributed by atoms with Crippen molar-refractivity contribution in [1.82, 2.24) is 0 Å². The molecule has 1 heterocycles. The second-order valence-corrected chi connectivity index (χ2v) is 6.34. The number of halogens is 1. The average molecular weight is 383 g/mol. The van der Waals surface area contributed by atoms with E-state index in [1.807, 2.05) is 30.3 Å². The SMILES string of the molecule is CCc1ccc(/C=C/C(=O)c2cc3cc(Br)ccc3oc2=O)cc1. The topological polar surface area (TPSA) is 47.3 Å². The highest BCUT2D eigenvalue weighted by molar-refractivity contribution is 9.10. The van der Waals surface area contributed by atoms with Gasteiger partial charge < -0.3 is 4.42 Å². The zero-order chi connectivity index (χ0) is 17.1. The highest BCUT2D eigenvalue weighted by Crippen LogP contribution is 2.19. The maximum atomic E-state index is 12.3. The lowest BCUT2D eigenvalue weighted by Crippen LogP contribution is -2.11. The molecule has 3 rings (SSSR count). The summed E-state index contributed by atoms with van der Waals surface area (Å²) in [7, 11) is 0. The molecule has 0 fully saturated rings. The van der Waals surface area contributed by atoms with Gasteiger partial charge in [0.05, 0.1) is 0 Å². The van der Waals surface area contributed by atoms with Crippen molar-refractivity contribution in [3.63, 3.8) is 0 Å². The summed E-state index contributed by atoms with van der Waals surface area (Å²) < 4.78 is 6.08. The highest BCUT2D eigenvalue weighted by Gasteiger charge is 2.11. The average Bonchev–Trinajstić information content (AvgIpc) is 2.60. The molecule has 3 nitrogen and oxygen atoms in total. The van der Waals surface area contributed by atoms with Crippen LogP contribution in [0.15, 0.2) is 68.3 Å². The Bertz CT molecular complexity index is 982. The Morgan fingerprint density at radius 1 is 1.12 bits per heavy atom. The van der Waals surface area contributed by atoms with Gasteiger partial charge in [-0.1, -0.05) is 53.2 Å². The minimum Gasteiger partial charge on any atom is -0.422 e. The van der Waals surface area contributed by atoms with E-state index in [9.17, 15) is 9.59 Å². The number of rotatable bonds is 4. The van der Waals surface area contributed by atoms with Crippen LogP contribution in [0, 0.1) is 0 Å². The Hall–Kier alpha value is -2.46. The molecule has 2 aromatic carbocycles. The Morgan fingerprint density at radius 3 is 2.58 bits per heavy atom. The third kappa shape index (κ3) is 3.54. The first-order chi connectivity index (χ1) is 11.6. The second-order valence-electron chi connectivity index (χ2n) is 5.42. The van der Waals surface area contributed by atoms with E-state index in [-0.39, 0.29) is 11.3 Å². The van der Waals surface area contributed by atoms with Gasteiger partial charge in [-0.15, -0.1) is 0 Å². The summed E-state index contributed by atoms with van der Waals surface area (Å²) in [4.78, 5) is 24.4. The van der Waals surface area contributed by atoms with Crippen molar-refractivity contribution in [3.05, 3.63) is 86.2 Å². The monoisotopic (exact) mass is 382 g/mol. The van der Waals surface area contributed by atoms with Crippen LogP contribution in [0.1, 0.15) is 28.4 Å². The van der Waals surface area contributed by atoms with Gasteiger partial charge in [0.1, 0.15) is 11.1 Å². The molecule has 0 saturated heterocycles. The first-order valence-corrected chi connectivity index (χ1v) is 8.41. The fraction of sp³-hybridized carbons (Fsp3) is 0.100. The number of hydrogen-bond acceptors (Lipinski definition) is 3. The lowest BCUT2D eigenvalue weighted by molar-refractivity contribution is 0.104. The summed E-state index contributed by atoms with van der Waals surface area (Å²) in [6, 6.07) is 14.8. The summed E-state index contributed by atoms with van der Waals surface area (Å²) in [5, 5.41) is 0.702. The van der Waals surface area contributed by atoms with Gasteiger partial charge in [0, 0.05) is 9.86 Å². The van der Waals surface area contributed by atoms with E-state index in [2.05, 4.69) is 22.9 Å². The maximum absolute atomic E-state index is 12.3. The molecule has 0 aliphatic heterocycles. The molecule has 0 atom stereocenters. The van der Waals surface area contributed by atoms with Crippen LogP contribution in [-0.2, 0) is 6.42 Å². The van der Waals surface area contributed by atoms with E-state index >= 15 is 0 Å². The molecule has 0 N–H and O–H groups in total. The number of carbonyl (C=O) groups excluding carboxylic acids is 1. The molecule has 0 aliphatic carbocycles. The fourth-order valence-corrected chi connectivity index (χ4v) is 2.77. The molecule has 0 bridgehead atoms. The van der Waals surface area contributed by atoms with E-state index < -0.39 is 5.63 Å². The fourth-order valence-electron chi connectivity index (χ4n) is 2.39. The van der Waals surface area contributed by atoms with Crippen molar-refractivity contribution in [1.29, 1.82) is 0 Å². The van der Waals surface area contributed by atoms with Crippen LogP contribution in [0.5, 0.6) is 0 Å². The Labute approximate surface area is 147 Å². The Morgan fingerprint density at radius 2 is 1.88 bits per heavy atom. The molecule has 0 amide bonds. The zero-order valence-electron chi connectivity index (χ0n) is 13.1. The lowest BCUT2D eigenvalue weighted by atomic mass is 10.1. The molecule has 0 spiro atoms. The van der Waals surface area contributed by atoms with E-state index in [1.54, 1.807) is 24.3 Å². The largest absolute Gasteiger partial charge is 0.422 e. The van der Waals surface area contributed by atoms with Gasteiger partial charge in [-0.25, -0.2) is 4.79 Å². The number of ketones is 1. The number of carbonyl (C=O) groups is 1. The molecular weight excluding hydrogens is 368 g/mol. The first kappa shape index (κ1) is 16.4. The van der Waals surface area contributed by atoms with Crippen LogP contribution in [-0.4, -0.2) is 5.78 Å². The molecule has 0 unspecified atom stereocenters. The predicted octanol–water partition coefficient (Wildman–Crippen LogP) is 5.01. The third-order valence-corrected chi connectivity index (χ3v) is 4.27. The smallest absolute Gasteiger partial charge is 0.347 e. The molecule has 0 saturated carbocycles. The number of aryl methyl sites for hydroxylation is 1. The van der Waals surface area contributed by atoms with Gasteiger partial charge in [-0.3, -0.25) is 4.79 Å². The maximum Gasteiger partial charge on any atom is 0.347 e. The van der Waals surface area contributed by atoms with Gasteiger partial charge in [-0.05, 0) is 47.9 Å². The summed E-state index contributed by atoms with van der Waals surface area (Å²) in [5.41, 5.74) is 2.01. The predicted molar refractivity (Wildman–Crippen MR) is 99.4 cm³/mol.